The summed E-state index contributed by atoms with van der Waals surface area (Å²) in [6.45, 7) is 0.610. The van der Waals surface area contributed by atoms with Gasteiger partial charge in [0.2, 0.25) is 0 Å². The zero-order valence-corrected chi connectivity index (χ0v) is 20.4. The van der Waals surface area contributed by atoms with Crippen molar-refractivity contribution < 1.29 is 15.0 Å². The predicted octanol–water partition coefficient (Wildman–Crippen LogP) is 4.66. The summed E-state index contributed by atoms with van der Waals surface area (Å²) < 4.78 is 3.81. The van der Waals surface area contributed by atoms with Crippen LogP contribution in [0.3, 0.4) is 0 Å². The van der Waals surface area contributed by atoms with Gasteiger partial charge in [-0.25, -0.2) is 4.68 Å². The number of aromatic nitrogens is 4. The highest BCUT2D eigenvalue weighted by atomic mass is 16.3. The second kappa shape index (κ2) is 9.89. The lowest BCUT2D eigenvalue weighted by Crippen LogP contribution is -2.12. The summed E-state index contributed by atoms with van der Waals surface area (Å²) in [5, 5.41) is 32.6. The van der Waals surface area contributed by atoms with Gasteiger partial charge in [-0.15, -0.1) is 0 Å². The van der Waals surface area contributed by atoms with Crippen LogP contribution in [-0.4, -0.2) is 42.1 Å². The van der Waals surface area contributed by atoms with E-state index in [0.717, 1.165) is 38.7 Å². The number of nitrogens with zero attached hydrogens (tertiary/aromatic N) is 3. The number of aromatic amines is 1. The van der Waals surface area contributed by atoms with E-state index in [4.69, 9.17) is 0 Å². The third kappa shape index (κ3) is 4.52. The van der Waals surface area contributed by atoms with Gasteiger partial charge in [0.25, 0.3) is 5.91 Å². The smallest absolute Gasteiger partial charge is 0.272 e. The number of carbonyl (C=O) groups is 1. The summed E-state index contributed by atoms with van der Waals surface area (Å²) in [5.74, 6) is -0.200. The molecule has 0 radical (unpaired) electrons. The molecule has 9 heteroatoms. The number of nitrogens with one attached hydrogen (secondary N) is 3. The van der Waals surface area contributed by atoms with Gasteiger partial charge in [0.1, 0.15) is 5.69 Å². The van der Waals surface area contributed by atoms with Crippen molar-refractivity contribution in [3.8, 4) is 5.69 Å². The van der Waals surface area contributed by atoms with Crippen LogP contribution in [0.1, 0.15) is 22.3 Å². The van der Waals surface area contributed by atoms with Crippen LogP contribution in [0.25, 0.3) is 27.5 Å². The number of benzene rings is 3. The minimum Gasteiger partial charge on any atom is -0.395 e. The van der Waals surface area contributed by atoms with Crippen LogP contribution in [-0.2, 0) is 6.54 Å². The molecule has 9 nitrogen and oxygen atoms in total. The number of H-pyrrole nitrogens is 1. The third-order valence-corrected chi connectivity index (χ3v) is 6.54. The van der Waals surface area contributed by atoms with Gasteiger partial charge in [-0.3, -0.25) is 4.79 Å². The summed E-state index contributed by atoms with van der Waals surface area (Å²) in [5.41, 5.74) is 5.50. The van der Waals surface area contributed by atoms with Crippen LogP contribution < -0.4 is 10.6 Å². The first-order chi connectivity index (χ1) is 18.6. The normalized spacial score (nSPS) is 12.2. The zero-order valence-electron chi connectivity index (χ0n) is 20.4. The van der Waals surface area contributed by atoms with Crippen LogP contribution in [0.15, 0.2) is 97.5 Å². The Bertz CT molecular complexity index is 1720. The fourth-order valence-electron chi connectivity index (χ4n) is 4.62. The van der Waals surface area contributed by atoms with Gasteiger partial charge < -0.3 is 30.4 Å². The van der Waals surface area contributed by atoms with Gasteiger partial charge in [0.15, 0.2) is 6.23 Å². The van der Waals surface area contributed by atoms with E-state index >= 15 is 0 Å². The Balaban J connectivity index is 1.17. The monoisotopic (exact) mass is 506 g/mol. The SMILES string of the molecule is O=C(Nc1ccc(-n2ncc3cc(NC(O)c4ccc5c(ccn5CCO)c4)ccc32)cc1)c1ccc[nH]1. The molecule has 1 atom stereocenters. The standard InChI is InChI=1S/C29H26N6O3/c36-15-14-34-13-11-19-16-20(3-9-26(19)34)28(37)33-23-6-10-27-21(17-23)18-31-35(27)24-7-4-22(5-8-24)32-29(38)25-2-1-12-30-25/h1-13,16-18,28,30,33,36-37H,14-15H2,(H,32,38). The fourth-order valence-corrected chi connectivity index (χ4v) is 4.62. The topological polar surface area (TPSA) is 120 Å². The van der Waals surface area contributed by atoms with Crippen LogP contribution in [0, 0.1) is 0 Å². The minimum atomic E-state index is -0.887. The van der Waals surface area contributed by atoms with Gasteiger partial charge in [-0.1, -0.05) is 6.07 Å². The molecule has 3 aromatic carbocycles. The molecule has 0 aliphatic carbocycles. The first-order valence-corrected chi connectivity index (χ1v) is 12.3. The summed E-state index contributed by atoms with van der Waals surface area (Å²) in [4.78, 5) is 15.1. The van der Waals surface area contributed by atoms with Crippen molar-refractivity contribution >= 4 is 39.1 Å². The van der Waals surface area contributed by atoms with E-state index in [1.165, 1.54) is 0 Å². The Kier molecular flexibility index (Phi) is 6.12. The molecule has 0 aliphatic heterocycles. The molecule has 0 bridgehead atoms. The molecule has 6 rings (SSSR count). The lowest BCUT2D eigenvalue weighted by molar-refractivity contribution is 0.102. The van der Waals surface area contributed by atoms with Crippen molar-refractivity contribution in [3.63, 3.8) is 0 Å². The first-order valence-electron chi connectivity index (χ1n) is 12.3. The maximum absolute atomic E-state index is 12.3. The molecular weight excluding hydrogens is 480 g/mol. The molecule has 1 amide bonds. The van der Waals surface area contributed by atoms with Crippen LogP contribution in [0.2, 0.25) is 0 Å². The highest BCUT2D eigenvalue weighted by molar-refractivity contribution is 6.03. The minimum absolute atomic E-state index is 0.0763. The molecule has 3 aromatic heterocycles. The van der Waals surface area contributed by atoms with Crippen LogP contribution in [0.4, 0.5) is 11.4 Å². The maximum Gasteiger partial charge on any atom is 0.272 e. The summed E-state index contributed by atoms with van der Waals surface area (Å²) >= 11 is 0. The molecule has 3 heterocycles. The quantitative estimate of drug-likeness (QED) is 0.192. The number of rotatable bonds is 8. The number of hydrogen-bond acceptors (Lipinski definition) is 5. The molecule has 0 saturated heterocycles. The van der Waals surface area contributed by atoms with Crippen LogP contribution >= 0.6 is 0 Å². The van der Waals surface area contributed by atoms with Gasteiger partial charge in [0.05, 0.1) is 24.0 Å². The lowest BCUT2D eigenvalue weighted by atomic mass is 10.1. The summed E-state index contributed by atoms with van der Waals surface area (Å²) in [6.07, 6.45) is 4.54. The lowest BCUT2D eigenvalue weighted by Gasteiger charge is -2.15. The molecule has 0 spiro atoms. The fraction of sp³-hybridized carbons (Fsp3) is 0.103. The number of aliphatic hydroxyl groups is 2. The van der Waals surface area contributed by atoms with Crippen molar-refractivity contribution in [2.24, 2.45) is 0 Å². The first kappa shape index (κ1) is 23.5. The number of fused-ring (bicyclic) bond motifs is 2. The Hall–Kier alpha value is -4.86. The largest absolute Gasteiger partial charge is 0.395 e. The molecular formula is C29H26N6O3. The average Bonchev–Trinajstić information content (AvgIpc) is 3.69. The van der Waals surface area contributed by atoms with Crippen molar-refractivity contribution in [3.05, 3.63) is 109 Å². The molecule has 5 N–H and O–H groups in total. The maximum atomic E-state index is 12.3. The molecule has 190 valence electrons. The van der Waals surface area contributed by atoms with Crippen molar-refractivity contribution in [1.82, 2.24) is 19.3 Å². The second-order valence-electron chi connectivity index (χ2n) is 9.01. The summed E-state index contributed by atoms with van der Waals surface area (Å²) in [6, 6.07) is 24.5. The Morgan fingerprint density at radius 2 is 1.76 bits per heavy atom. The van der Waals surface area contributed by atoms with Crippen molar-refractivity contribution in [2.75, 3.05) is 17.2 Å². The van der Waals surface area contributed by atoms with E-state index in [9.17, 15) is 15.0 Å². The molecule has 1 unspecified atom stereocenters. The van der Waals surface area contributed by atoms with E-state index < -0.39 is 6.23 Å². The van der Waals surface area contributed by atoms with E-state index in [1.807, 2.05) is 82.2 Å². The van der Waals surface area contributed by atoms with E-state index in [1.54, 1.807) is 24.5 Å². The van der Waals surface area contributed by atoms with E-state index in [2.05, 4.69) is 20.7 Å². The molecule has 0 aliphatic rings. The number of hydrogen-bond donors (Lipinski definition) is 5. The van der Waals surface area contributed by atoms with Crippen LogP contribution in [0.5, 0.6) is 0 Å². The van der Waals surface area contributed by atoms with Gasteiger partial charge in [-0.2, -0.15) is 5.10 Å². The number of carbonyl (C=O) groups excluding carboxylic acids is 1. The van der Waals surface area contributed by atoms with Gasteiger partial charge in [0, 0.05) is 52.2 Å². The number of amides is 1. The summed E-state index contributed by atoms with van der Waals surface area (Å²) in [7, 11) is 0. The average molecular weight is 507 g/mol. The van der Waals surface area contributed by atoms with Crippen molar-refractivity contribution in [2.45, 2.75) is 12.8 Å². The third-order valence-electron chi connectivity index (χ3n) is 6.54. The number of anilines is 2. The van der Waals surface area contributed by atoms with E-state index in [-0.39, 0.29) is 12.5 Å². The van der Waals surface area contributed by atoms with Gasteiger partial charge in [-0.05, 0) is 72.8 Å². The Labute approximate surface area is 218 Å². The van der Waals surface area contributed by atoms with Crippen molar-refractivity contribution in [1.29, 1.82) is 0 Å². The molecule has 0 fully saturated rings. The highest BCUT2D eigenvalue weighted by Gasteiger charge is 2.12. The molecule has 0 saturated carbocycles. The molecule has 6 aromatic rings. The molecule has 38 heavy (non-hydrogen) atoms. The number of aliphatic hydroxyl groups excluding tert-OH is 2. The van der Waals surface area contributed by atoms with Gasteiger partial charge >= 0.3 is 0 Å². The highest BCUT2D eigenvalue weighted by Crippen LogP contribution is 2.27. The zero-order chi connectivity index (χ0) is 26.1. The predicted molar refractivity (Wildman–Crippen MR) is 147 cm³/mol. The van der Waals surface area contributed by atoms with E-state index in [0.29, 0.717) is 17.9 Å². The Morgan fingerprint density at radius 1 is 0.947 bits per heavy atom. The second-order valence-corrected chi connectivity index (χ2v) is 9.01. The Morgan fingerprint density at radius 3 is 2.55 bits per heavy atom.